The molecule has 3 rings (SSSR count). The first-order valence-electron chi connectivity index (χ1n) is 9.64. The molecule has 9 heteroatoms. The fraction of sp³-hybridized carbons (Fsp3) is 0.174. The highest BCUT2D eigenvalue weighted by atomic mass is 35.5. The first-order valence-corrected chi connectivity index (χ1v) is 10.0. The van der Waals surface area contributed by atoms with Gasteiger partial charge in [-0.25, -0.2) is 9.69 Å². The number of benzene rings is 2. The van der Waals surface area contributed by atoms with Crippen molar-refractivity contribution in [1.29, 1.82) is 0 Å². The second kappa shape index (κ2) is 10.0. The van der Waals surface area contributed by atoms with Gasteiger partial charge in [0.05, 0.1) is 12.1 Å². The molecule has 0 saturated carbocycles. The number of aryl methyl sites for hydroxylation is 1. The number of carbonyl (C=O) groups excluding carboxylic acids is 3. The number of ether oxygens (including phenoxy) is 2. The van der Waals surface area contributed by atoms with Gasteiger partial charge in [-0.2, -0.15) is 0 Å². The minimum Gasteiger partial charge on any atom is -0.493 e. The Hall–Kier alpha value is -3.78. The Bertz CT molecular complexity index is 1100. The molecule has 2 N–H and O–H groups in total. The summed E-state index contributed by atoms with van der Waals surface area (Å²) in [5, 5.41) is 5.40. The number of amides is 4. The van der Waals surface area contributed by atoms with E-state index in [1.807, 2.05) is 19.1 Å². The molecule has 8 nitrogen and oxygen atoms in total. The van der Waals surface area contributed by atoms with Gasteiger partial charge in [-0.05, 0) is 42.8 Å². The van der Waals surface area contributed by atoms with Gasteiger partial charge < -0.3 is 20.1 Å². The molecule has 1 aliphatic rings. The molecule has 0 atom stereocenters. The molecule has 0 radical (unpaired) electrons. The van der Waals surface area contributed by atoms with Gasteiger partial charge in [0.1, 0.15) is 18.8 Å². The van der Waals surface area contributed by atoms with E-state index in [0.29, 0.717) is 22.7 Å². The van der Waals surface area contributed by atoms with Crippen molar-refractivity contribution in [3.63, 3.8) is 0 Å². The molecule has 0 unspecified atom stereocenters. The van der Waals surface area contributed by atoms with Crippen LogP contribution in [0.3, 0.4) is 0 Å². The fourth-order valence-electron chi connectivity index (χ4n) is 2.97. The number of halogens is 1. The van der Waals surface area contributed by atoms with Gasteiger partial charge >= 0.3 is 6.03 Å². The van der Waals surface area contributed by atoms with Crippen LogP contribution in [0, 0.1) is 6.92 Å². The number of urea groups is 1. The number of hydrogen-bond acceptors (Lipinski definition) is 5. The lowest BCUT2D eigenvalue weighted by Gasteiger charge is -2.12. The molecule has 0 spiro atoms. The molecule has 0 aromatic heterocycles. The van der Waals surface area contributed by atoms with Crippen molar-refractivity contribution < 1.29 is 23.9 Å². The van der Waals surface area contributed by atoms with Crippen LogP contribution < -0.4 is 20.1 Å². The van der Waals surface area contributed by atoms with E-state index in [1.165, 1.54) is 13.2 Å². The highest BCUT2D eigenvalue weighted by Crippen LogP contribution is 2.37. The number of methoxy groups -OCH3 is 1. The minimum atomic E-state index is -0.690. The monoisotopic (exact) mass is 455 g/mol. The largest absolute Gasteiger partial charge is 0.493 e. The normalized spacial score (nSPS) is 14.3. The van der Waals surface area contributed by atoms with E-state index in [4.69, 9.17) is 21.1 Å². The van der Waals surface area contributed by atoms with Crippen LogP contribution in [-0.4, -0.2) is 43.0 Å². The van der Waals surface area contributed by atoms with Gasteiger partial charge in [0.2, 0.25) is 5.91 Å². The van der Waals surface area contributed by atoms with Crippen LogP contribution in [0.5, 0.6) is 11.5 Å². The van der Waals surface area contributed by atoms with E-state index < -0.39 is 24.4 Å². The van der Waals surface area contributed by atoms with E-state index in [2.05, 4.69) is 17.2 Å². The number of hydrogen-bond donors (Lipinski definition) is 2. The SMILES string of the molecule is C=CCOc1c(Cl)cc(/C=C2\NC(=O)N(CC(=O)Nc3ccc(C)cc3)C2=O)cc1OC. The van der Waals surface area contributed by atoms with Crippen molar-refractivity contribution in [2.45, 2.75) is 6.92 Å². The Morgan fingerprint density at radius 2 is 1.97 bits per heavy atom. The average molecular weight is 456 g/mol. The van der Waals surface area contributed by atoms with Crippen LogP contribution in [0.4, 0.5) is 10.5 Å². The van der Waals surface area contributed by atoms with Crippen LogP contribution >= 0.6 is 11.6 Å². The molecule has 1 fully saturated rings. The number of carbonyl (C=O) groups is 3. The quantitative estimate of drug-likeness (QED) is 0.359. The van der Waals surface area contributed by atoms with Crippen molar-refractivity contribution in [2.75, 3.05) is 25.6 Å². The van der Waals surface area contributed by atoms with Crippen LogP contribution in [-0.2, 0) is 9.59 Å². The third kappa shape index (κ3) is 5.28. The third-order valence-corrected chi connectivity index (χ3v) is 4.79. The molecule has 0 aliphatic carbocycles. The summed E-state index contributed by atoms with van der Waals surface area (Å²) in [4.78, 5) is 38.1. The zero-order valence-electron chi connectivity index (χ0n) is 17.6. The third-order valence-electron chi connectivity index (χ3n) is 4.51. The molecule has 32 heavy (non-hydrogen) atoms. The highest BCUT2D eigenvalue weighted by molar-refractivity contribution is 6.32. The van der Waals surface area contributed by atoms with Crippen LogP contribution in [0.1, 0.15) is 11.1 Å². The van der Waals surface area contributed by atoms with Gasteiger partial charge in [0, 0.05) is 5.69 Å². The zero-order valence-corrected chi connectivity index (χ0v) is 18.4. The summed E-state index contributed by atoms with van der Waals surface area (Å²) in [5.74, 6) is -0.423. The Labute approximate surface area is 190 Å². The van der Waals surface area contributed by atoms with Gasteiger partial charge in [-0.15, -0.1) is 0 Å². The van der Waals surface area contributed by atoms with Gasteiger partial charge in [0.25, 0.3) is 5.91 Å². The van der Waals surface area contributed by atoms with E-state index in [-0.39, 0.29) is 17.3 Å². The van der Waals surface area contributed by atoms with E-state index in [1.54, 1.807) is 30.3 Å². The Morgan fingerprint density at radius 3 is 2.62 bits per heavy atom. The standard InChI is InChI=1S/C23H22ClN3O5/c1-4-9-32-21-17(24)10-15(12-19(21)31-3)11-18-22(29)27(23(30)26-18)13-20(28)25-16-7-5-14(2)6-8-16/h4-8,10-12H,1,9,13H2,2-3H3,(H,25,28)(H,26,30)/b18-11-. The fourth-order valence-corrected chi connectivity index (χ4v) is 3.24. The highest BCUT2D eigenvalue weighted by Gasteiger charge is 2.35. The lowest BCUT2D eigenvalue weighted by Crippen LogP contribution is -2.38. The Kier molecular flexibility index (Phi) is 7.17. The number of anilines is 1. The molecule has 0 bridgehead atoms. The van der Waals surface area contributed by atoms with Crippen molar-refractivity contribution in [3.05, 3.63) is 70.9 Å². The van der Waals surface area contributed by atoms with Crippen LogP contribution in [0.2, 0.25) is 5.02 Å². The topological polar surface area (TPSA) is 97.0 Å². The van der Waals surface area contributed by atoms with Crippen molar-refractivity contribution >= 4 is 41.2 Å². The molecule has 2 aromatic carbocycles. The molecule has 2 aromatic rings. The van der Waals surface area contributed by atoms with Crippen molar-refractivity contribution in [3.8, 4) is 11.5 Å². The molecular weight excluding hydrogens is 434 g/mol. The maximum Gasteiger partial charge on any atom is 0.329 e. The van der Waals surface area contributed by atoms with Crippen molar-refractivity contribution in [2.24, 2.45) is 0 Å². The van der Waals surface area contributed by atoms with Crippen molar-refractivity contribution in [1.82, 2.24) is 10.2 Å². The Morgan fingerprint density at radius 1 is 1.25 bits per heavy atom. The smallest absolute Gasteiger partial charge is 0.329 e. The van der Waals surface area contributed by atoms with Gasteiger partial charge in [0.15, 0.2) is 11.5 Å². The lowest BCUT2D eigenvalue weighted by atomic mass is 10.1. The summed E-state index contributed by atoms with van der Waals surface area (Å²) >= 11 is 6.28. The summed E-state index contributed by atoms with van der Waals surface area (Å²) in [6, 6.07) is 9.66. The summed E-state index contributed by atoms with van der Waals surface area (Å²) in [5.41, 5.74) is 2.14. The molecule has 1 heterocycles. The average Bonchev–Trinajstić information content (AvgIpc) is 3.01. The minimum absolute atomic E-state index is 0.0102. The predicted molar refractivity (Wildman–Crippen MR) is 122 cm³/mol. The lowest BCUT2D eigenvalue weighted by molar-refractivity contribution is -0.127. The van der Waals surface area contributed by atoms with Crippen LogP contribution in [0.25, 0.3) is 6.08 Å². The first kappa shape index (κ1) is 22.9. The number of rotatable bonds is 8. The molecule has 166 valence electrons. The number of imide groups is 1. The number of nitrogens with one attached hydrogen (secondary N) is 2. The predicted octanol–water partition coefficient (Wildman–Crippen LogP) is 3.75. The summed E-state index contributed by atoms with van der Waals surface area (Å²) < 4.78 is 10.8. The number of nitrogens with zero attached hydrogens (tertiary/aromatic N) is 1. The molecule has 1 aliphatic heterocycles. The molecule has 1 saturated heterocycles. The maximum atomic E-state index is 12.7. The van der Waals surface area contributed by atoms with E-state index in [0.717, 1.165) is 10.5 Å². The zero-order chi connectivity index (χ0) is 23.3. The van der Waals surface area contributed by atoms with Gasteiger partial charge in [-0.3, -0.25) is 9.59 Å². The van der Waals surface area contributed by atoms with E-state index >= 15 is 0 Å². The molecule has 4 amide bonds. The van der Waals surface area contributed by atoms with E-state index in [9.17, 15) is 14.4 Å². The summed E-state index contributed by atoms with van der Waals surface area (Å²) in [7, 11) is 1.46. The maximum absolute atomic E-state index is 12.7. The Balaban J connectivity index is 1.74. The summed E-state index contributed by atoms with van der Waals surface area (Å²) in [6.45, 7) is 5.33. The summed E-state index contributed by atoms with van der Waals surface area (Å²) in [6.07, 6.45) is 3.02. The second-order valence-electron chi connectivity index (χ2n) is 6.93. The first-order chi connectivity index (χ1) is 15.3. The molecular formula is C23H22ClN3O5. The second-order valence-corrected chi connectivity index (χ2v) is 7.33. The van der Waals surface area contributed by atoms with Crippen LogP contribution in [0.15, 0.2) is 54.8 Å². The van der Waals surface area contributed by atoms with Gasteiger partial charge in [-0.1, -0.05) is 42.0 Å².